The molecular formula is C17H26ClFNO2-. The third-order valence-corrected chi connectivity index (χ3v) is 3.94. The zero-order chi connectivity index (χ0) is 15.2. The fourth-order valence-electron chi connectivity index (χ4n) is 3.21. The second kappa shape index (κ2) is 9.46. The van der Waals surface area contributed by atoms with Crippen LogP contribution in [-0.2, 0) is 11.3 Å². The lowest BCUT2D eigenvalue weighted by Gasteiger charge is -2.35. The van der Waals surface area contributed by atoms with E-state index in [-0.39, 0.29) is 31.4 Å². The highest BCUT2D eigenvalue weighted by molar-refractivity contribution is 5.16. The molecule has 1 saturated heterocycles. The fraction of sp³-hybridized carbons (Fsp3) is 0.647. The van der Waals surface area contributed by atoms with Crippen LogP contribution in [0.2, 0.25) is 0 Å². The highest BCUT2D eigenvalue weighted by atomic mass is 35.5. The first kappa shape index (κ1) is 19.4. The number of likely N-dealkylation sites (tertiary alicyclic amines) is 1. The van der Waals surface area contributed by atoms with Crippen LogP contribution in [0.3, 0.4) is 0 Å². The molecule has 0 bridgehead atoms. The smallest absolute Gasteiger partial charge is 0.128 e. The summed E-state index contributed by atoms with van der Waals surface area (Å²) in [7, 11) is 0. The van der Waals surface area contributed by atoms with Crippen LogP contribution in [0.4, 0.5) is 4.39 Å². The molecular weight excluding hydrogens is 305 g/mol. The van der Waals surface area contributed by atoms with E-state index in [1.54, 1.807) is 18.2 Å². The number of rotatable bonds is 6. The maximum atomic E-state index is 13.4. The van der Waals surface area contributed by atoms with Crippen molar-refractivity contribution in [3.05, 3.63) is 35.6 Å². The van der Waals surface area contributed by atoms with Crippen molar-refractivity contribution in [3.8, 4) is 0 Å². The first-order valence-electron chi connectivity index (χ1n) is 7.76. The number of piperidine rings is 1. The molecule has 0 aliphatic carbocycles. The highest BCUT2D eigenvalue weighted by Gasteiger charge is 2.23. The molecule has 0 aromatic heterocycles. The molecule has 3 unspecified atom stereocenters. The average molecular weight is 331 g/mol. The van der Waals surface area contributed by atoms with E-state index in [1.807, 2.05) is 0 Å². The Labute approximate surface area is 138 Å². The maximum Gasteiger partial charge on any atom is 0.128 e. The number of ether oxygens (including phenoxy) is 1. The van der Waals surface area contributed by atoms with E-state index in [1.165, 1.54) is 12.5 Å². The number of aliphatic hydroxyl groups excluding tert-OH is 1. The van der Waals surface area contributed by atoms with Crippen molar-refractivity contribution in [3.63, 3.8) is 0 Å². The van der Waals surface area contributed by atoms with Crippen molar-refractivity contribution in [2.45, 2.75) is 33.0 Å². The third-order valence-electron chi connectivity index (χ3n) is 3.94. The molecule has 1 aromatic carbocycles. The number of aliphatic hydroxyl groups is 1. The lowest BCUT2D eigenvalue weighted by Crippen LogP contribution is -3.00. The standard InChI is InChI=1S/C17H26FNO2.ClH/c1-13-7-14(2)9-19(8-13)10-16(20)12-21-11-15-5-3-4-6-17(15)18;/h3-6,13-14,16,20H,7-12H2,1-2H3;1H/p-1. The van der Waals surface area contributed by atoms with E-state index < -0.39 is 6.10 Å². The van der Waals surface area contributed by atoms with Gasteiger partial charge in [-0.1, -0.05) is 32.0 Å². The van der Waals surface area contributed by atoms with Gasteiger partial charge in [0.25, 0.3) is 0 Å². The Hall–Kier alpha value is -0.680. The van der Waals surface area contributed by atoms with Crippen LogP contribution in [0.15, 0.2) is 24.3 Å². The number of hydrogen-bond donors (Lipinski definition) is 1. The van der Waals surface area contributed by atoms with E-state index >= 15 is 0 Å². The summed E-state index contributed by atoms with van der Waals surface area (Å²) in [5, 5.41) is 10.1. The Morgan fingerprint density at radius 2 is 1.91 bits per heavy atom. The van der Waals surface area contributed by atoms with Gasteiger partial charge in [0.05, 0.1) is 19.3 Å². The Morgan fingerprint density at radius 3 is 2.55 bits per heavy atom. The lowest BCUT2D eigenvalue weighted by atomic mass is 9.92. The number of benzene rings is 1. The minimum absolute atomic E-state index is 0. The molecule has 1 aromatic rings. The number of halogens is 2. The van der Waals surface area contributed by atoms with Gasteiger partial charge in [0.15, 0.2) is 0 Å². The molecule has 1 aliphatic rings. The van der Waals surface area contributed by atoms with Crippen LogP contribution in [0.1, 0.15) is 25.8 Å². The second-order valence-electron chi connectivity index (χ2n) is 6.42. The maximum absolute atomic E-state index is 13.4. The number of hydrogen-bond acceptors (Lipinski definition) is 3. The molecule has 0 spiro atoms. The van der Waals surface area contributed by atoms with Gasteiger partial charge in [-0.25, -0.2) is 4.39 Å². The van der Waals surface area contributed by atoms with Crippen molar-refractivity contribution in [1.82, 2.24) is 4.90 Å². The molecule has 126 valence electrons. The summed E-state index contributed by atoms with van der Waals surface area (Å²) in [6.07, 6.45) is 0.741. The first-order chi connectivity index (χ1) is 10.0. The van der Waals surface area contributed by atoms with Crippen molar-refractivity contribution in [2.24, 2.45) is 11.8 Å². The number of nitrogens with zero attached hydrogens (tertiary/aromatic N) is 1. The topological polar surface area (TPSA) is 32.7 Å². The molecule has 1 fully saturated rings. The van der Waals surface area contributed by atoms with Gasteiger partial charge in [-0.2, -0.15) is 0 Å². The van der Waals surface area contributed by atoms with Gasteiger partial charge in [0.2, 0.25) is 0 Å². The summed E-state index contributed by atoms with van der Waals surface area (Å²) in [6, 6.07) is 6.57. The van der Waals surface area contributed by atoms with Gasteiger partial charge in [0.1, 0.15) is 5.82 Å². The van der Waals surface area contributed by atoms with Crippen LogP contribution in [0.5, 0.6) is 0 Å². The summed E-state index contributed by atoms with van der Waals surface area (Å²) in [4.78, 5) is 2.30. The molecule has 0 radical (unpaired) electrons. The van der Waals surface area contributed by atoms with Gasteiger partial charge < -0.3 is 27.2 Å². The zero-order valence-corrected chi connectivity index (χ0v) is 14.1. The first-order valence-corrected chi connectivity index (χ1v) is 7.76. The Bertz CT molecular complexity index is 436. The SMILES string of the molecule is CC1CC(C)CN(CC(O)COCc2ccccc2F)C1.[Cl-]. The van der Waals surface area contributed by atoms with Crippen LogP contribution in [-0.4, -0.2) is 42.4 Å². The number of β-amino-alcohol motifs (C(OH)–C–C–N with tert-alkyl or cyclic N) is 1. The molecule has 0 amide bonds. The summed E-state index contributed by atoms with van der Waals surface area (Å²) >= 11 is 0. The van der Waals surface area contributed by atoms with Crippen molar-refractivity contribution < 1.29 is 26.6 Å². The predicted octanol–water partition coefficient (Wildman–Crippen LogP) is -0.315. The molecule has 1 aliphatic heterocycles. The van der Waals surface area contributed by atoms with Crippen LogP contribution in [0.25, 0.3) is 0 Å². The molecule has 0 saturated carbocycles. The fourth-order valence-corrected chi connectivity index (χ4v) is 3.21. The highest BCUT2D eigenvalue weighted by Crippen LogP contribution is 2.20. The summed E-state index contributed by atoms with van der Waals surface area (Å²) in [5.74, 6) is 1.10. The van der Waals surface area contributed by atoms with Crippen molar-refractivity contribution >= 4 is 0 Å². The van der Waals surface area contributed by atoms with Crippen LogP contribution >= 0.6 is 0 Å². The normalized spacial score (nSPS) is 23.8. The monoisotopic (exact) mass is 330 g/mol. The van der Waals surface area contributed by atoms with E-state index in [2.05, 4.69) is 18.7 Å². The van der Waals surface area contributed by atoms with E-state index in [4.69, 9.17) is 4.74 Å². The van der Waals surface area contributed by atoms with E-state index in [0.29, 0.717) is 23.9 Å². The summed E-state index contributed by atoms with van der Waals surface area (Å²) < 4.78 is 18.9. The van der Waals surface area contributed by atoms with E-state index in [9.17, 15) is 9.50 Å². The van der Waals surface area contributed by atoms with Crippen molar-refractivity contribution in [1.29, 1.82) is 0 Å². The Kier molecular flexibility index (Phi) is 8.33. The van der Waals surface area contributed by atoms with Crippen molar-refractivity contribution in [2.75, 3.05) is 26.2 Å². The van der Waals surface area contributed by atoms with Gasteiger partial charge >= 0.3 is 0 Å². The molecule has 22 heavy (non-hydrogen) atoms. The third kappa shape index (κ3) is 6.21. The largest absolute Gasteiger partial charge is 1.00 e. The molecule has 1 N–H and O–H groups in total. The Morgan fingerprint density at radius 1 is 1.27 bits per heavy atom. The van der Waals surface area contributed by atoms with Crippen LogP contribution in [0, 0.1) is 17.7 Å². The average Bonchev–Trinajstić information content (AvgIpc) is 2.39. The molecule has 5 heteroatoms. The quantitative estimate of drug-likeness (QED) is 0.776. The zero-order valence-electron chi connectivity index (χ0n) is 13.3. The molecule has 1 heterocycles. The molecule has 2 rings (SSSR count). The van der Waals surface area contributed by atoms with Gasteiger partial charge in [-0.15, -0.1) is 0 Å². The predicted molar refractivity (Wildman–Crippen MR) is 81.4 cm³/mol. The van der Waals surface area contributed by atoms with Gasteiger partial charge in [-0.3, -0.25) is 0 Å². The van der Waals surface area contributed by atoms with E-state index in [0.717, 1.165) is 13.1 Å². The van der Waals surface area contributed by atoms with Crippen LogP contribution < -0.4 is 12.4 Å². The minimum atomic E-state index is -0.519. The summed E-state index contributed by atoms with van der Waals surface area (Å²) in [5.41, 5.74) is 0.532. The van der Waals surface area contributed by atoms with Gasteiger partial charge in [-0.05, 0) is 24.3 Å². The minimum Gasteiger partial charge on any atom is -1.00 e. The Balaban J connectivity index is 0.00000242. The van der Waals surface area contributed by atoms with Gasteiger partial charge in [0, 0.05) is 25.2 Å². The lowest BCUT2D eigenvalue weighted by molar-refractivity contribution is -0.00155. The summed E-state index contributed by atoms with van der Waals surface area (Å²) in [6.45, 7) is 7.66. The molecule has 3 atom stereocenters. The second-order valence-corrected chi connectivity index (χ2v) is 6.42. The molecule has 3 nitrogen and oxygen atoms in total.